The van der Waals surface area contributed by atoms with Gasteiger partial charge in [-0.05, 0) is 69.8 Å². The first kappa shape index (κ1) is 14.6. The summed E-state index contributed by atoms with van der Waals surface area (Å²) in [4.78, 5) is 1.25. The Morgan fingerprint density at radius 1 is 1.05 bits per heavy atom. The maximum absolute atomic E-state index is 9.23. The topological polar surface area (TPSA) is 20.2 Å². The zero-order valence-corrected chi connectivity index (χ0v) is 13.6. The molecule has 0 radical (unpaired) electrons. The normalized spacial score (nSPS) is 11.6. The van der Waals surface area contributed by atoms with Crippen molar-refractivity contribution in [1.82, 2.24) is 0 Å². The fraction of sp³-hybridized carbons (Fsp3) is 0.125. The van der Waals surface area contributed by atoms with E-state index in [9.17, 15) is 5.11 Å². The van der Waals surface area contributed by atoms with E-state index >= 15 is 0 Å². The van der Waals surface area contributed by atoms with Gasteiger partial charge in [0.2, 0.25) is 0 Å². The van der Waals surface area contributed by atoms with E-state index in [4.69, 9.17) is 0 Å². The Bertz CT molecular complexity index is 558. The minimum atomic E-state index is 0.0472. The Hall–Kier alpha value is -0.780. The lowest BCUT2D eigenvalue weighted by atomic mass is 9.98. The number of rotatable bonds is 4. The lowest BCUT2D eigenvalue weighted by molar-refractivity contribution is 0.343. The van der Waals surface area contributed by atoms with Gasteiger partial charge in [0.05, 0.1) is 6.61 Å². The number of halogens is 1. The Morgan fingerprint density at radius 3 is 2.05 bits per heavy atom. The van der Waals surface area contributed by atoms with Crippen molar-refractivity contribution in [2.45, 2.75) is 4.90 Å². The summed E-state index contributed by atoms with van der Waals surface area (Å²) in [6.07, 6.45) is 3.93. The second-order valence-corrected chi connectivity index (χ2v) is 6.16. The molecule has 0 fully saturated rings. The van der Waals surface area contributed by atoms with Crippen LogP contribution < -0.4 is 0 Å². The van der Waals surface area contributed by atoms with Crippen molar-refractivity contribution in [3.8, 4) is 0 Å². The Labute approximate surface area is 131 Å². The first-order chi connectivity index (χ1) is 9.24. The van der Waals surface area contributed by atoms with Crippen LogP contribution in [0.1, 0.15) is 11.1 Å². The van der Waals surface area contributed by atoms with Crippen LogP contribution in [-0.2, 0) is 0 Å². The Balaban J connectivity index is 2.39. The molecule has 0 spiro atoms. The third-order valence-electron chi connectivity index (χ3n) is 2.85. The molecule has 0 saturated carbocycles. The monoisotopic (exact) mass is 382 g/mol. The highest BCUT2D eigenvalue weighted by Crippen LogP contribution is 2.26. The zero-order valence-electron chi connectivity index (χ0n) is 10.6. The van der Waals surface area contributed by atoms with Crippen LogP contribution in [0.2, 0.25) is 0 Å². The molecular weight excluding hydrogens is 367 g/mol. The summed E-state index contributed by atoms with van der Waals surface area (Å²) in [6, 6.07) is 16.8. The van der Waals surface area contributed by atoms with Crippen molar-refractivity contribution in [3.05, 3.63) is 69.3 Å². The van der Waals surface area contributed by atoms with Crippen LogP contribution in [0.4, 0.5) is 0 Å². The van der Waals surface area contributed by atoms with Crippen molar-refractivity contribution in [1.29, 1.82) is 0 Å². The molecule has 1 nitrogen and oxygen atoms in total. The van der Waals surface area contributed by atoms with Gasteiger partial charge in [0.15, 0.2) is 0 Å². The van der Waals surface area contributed by atoms with Crippen LogP contribution in [0.25, 0.3) is 5.57 Å². The molecule has 19 heavy (non-hydrogen) atoms. The highest BCUT2D eigenvalue weighted by atomic mass is 127. The zero-order chi connectivity index (χ0) is 13.7. The van der Waals surface area contributed by atoms with E-state index in [2.05, 4.69) is 77.4 Å². The fourth-order valence-corrected chi connectivity index (χ4v) is 2.66. The third kappa shape index (κ3) is 3.84. The van der Waals surface area contributed by atoms with Crippen LogP contribution in [0.3, 0.4) is 0 Å². The van der Waals surface area contributed by atoms with Crippen molar-refractivity contribution < 1.29 is 5.11 Å². The average molecular weight is 382 g/mol. The third-order valence-corrected chi connectivity index (χ3v) is 4.31. The lowest BCUT2D eigenvalue weighted by Gasteiger charge is -2.09. The van der Waals surface area contributed by atoms with Gasteiger partial charge < -0.3 is 5.11 Å². The van der Waals surface area contributed by atoms with E-state index in [1.807, 2.05) is 6.08 Å². The standard InChI is InChI=1S/C16H15IOS/c1-19-15-8-4-13(5-9-15)16(10-11-18)12-2-6-14(17)7-3-12/h2-10,18H,11H2,1H3/b16-10-. The second kappa shape index (κ2) is 7.12. The quantitative estimate of drug-likeness (QED) is 0.624. The summed E-state index contributed by atoms with van der Waals surface area (Å²) in [7, 11) is 0. The predicted octanol–water partition coefficient (Wildman–Crippen LogP) is 4.44. The van der Waals surface area contributed by atoms with Crippen molar-refractivity contribution in [2.24, 2.45) is 0 Å². The molecule has 1 N–H and O–H groups in total. The minimum absolute atomic E-state index is 0.0472. The van der Waals surface area contributed by atoms with Crippen molar-refractivity contribution in [2.75, 3.05) is 12.9 Å². The summed E-state index contributed by atoms with van der Waals surface area (Å²) < 4.78 is 1.21. The molecule has 0 heterocycles. The van der Waals surface area contributed by atoms with Gasteiger partial charge in [-0.1, -0.05) is 30.3 Å². The summed E-state index contributed by atoms with van der Waals surface area (Å²) >= 11 is 4.02. The van der Waals surface area contributed by atoms with E-state index < -0.39 is 0 Å². The van der Waals surface area contributed by atoms with Gasteiger partial charge in [0.1, 0.15) is 0 Å². The van der Waals surface area contributed by atoms with E-state index in [0.717, 1.165) is 16.7 Å². The molecule has 0 atom stereocenters. The summed E-state index contributed by atoms with van der Waals surface area (Å²) in [6.45, 7) is 0.0472. The number of benzene rings is 2. The molecule has 0 saturated heterocycles. The number of aliphatic hydroxyl groups excluding tert-OH is 1. The molecule has 0 bridgehead atoms. The molecule has 0 aromatic heterocycles. The first-order valence-electron chi connectivity index (χ1n) is 5.96. The first-order valence-corrected chi connectivity index (χ1v) is 8.26. The van der Waals surface area contributed by atoms with Crippen molar-refractivity contribution in [3.63, 3.8) is 0 Å². The summed E-state index contributed by atoms with van der Waals surface area (Å²) in [5, 5.41) is 9.23. The lowest BCUT2D eigenvalue weighted by Crippen LogP contribution is -1.90. The Kier molecular flexibility index (Phi) is 5.48. The van der Waals surface area contributed by atoms with Crippen LogP contribution in [0, 0.1) is 3.57 Å². The summed E-state index contributed by atoms with van der Waals surface area (Å²) in [5.74, 6) is 0. The van der Waals surface area contributed by atoms with Gasteiger partial charge in [-0.3, -0.25) is 0 Å². The highest BCUT2D eigenvalue weighted by molar-refractivity contribution is 14.1. The molecule has 0 aliphatic carbocycles. The maximum atomic E-state index is 9.23. The summed E-state index contributed by atoms with van der Waals surface area (Å²) in [5.41, 5.74) is 3.34. The van der Waals surface area contributed by atoms with Gasteiger partial charge in [0, 0.05) is 8.47 Å². The smallest absolute Gasteiger partial charge is 0.0621 e. The SMILES string of the molecule is CSc1ccc(/C(=C\CO)c2ccc(I)cc2)cc1. The van der Waals surface area contributed by atoms with Gasteiger partial charge in [-0.15, -0.1) is 11.8 Å². The molecular formula is C16H15IOS. The highest BCUT2D eigenvalue weighted by Gasteiger charge is 2.04. The largest absolute Gasteiger partial charge is 0.392 e. The van der Waals surface area contributed by atoms with Crippen molar-refractivity contribution >= 4 is 39.9 Å². The number of thioether (sulfide) groups is 1. The van der Waals surface area contributed by atoms with Crippen LogP contribution in [0.5, 0.6) is 0 Å². The molecule has 0 aliphatic heterocycles. The van der Waals surface area contributed by atoms with Crippen LogP contribution in [-0.4, -0.2) is 18.0 Å². The molecule has 98 valence electrons. The van der Waals surface area contributed by atoms with Crippen LogP contribution in [0.15, 0.2) is 59.5 Å². The van der Waals surface area contributed by atoms with Gasteiger partial charge >= 0.3 is 0 Å². The van der Waals surface area contributed by atoms with Gasteiger partial charge in [-0.25, -0.2) is 0 Å². The fourth-order valence-electron chi connectivity index (χ4n) is 1.89. The van der Waals surface area contributed by atoms with E-state index in [0.29, 0.717) is 0 Å². The number of hydrogen-bond acceptors (Lipinski definition) is 2. The van der Waals surface area contributed by atoms with E-state index in [1.165, 1.54) is 8.47 Å². The molecule has 0 unspecified atom stereocenters. The molecule has 0 amide bonds. The number of aliphatic hydroxyl groups is 1. The average Bonchev–Trinajstić information content (AvgIpc) is 2.46. The molecule has 0 aliphatic rings. The molecule has 2 aromatic rings. The van der Waals surface area contributed by atoms with E-state index in [1.54, 1.807) is 11.8 Å². The van der Waals surface area contributed by atoms with Gasteiger partial charge in [-0.2, -0.15) is 0 Å². The Morgan fingerprint density at radius 2 is 1.58 bits per heavy atom. The number of hydrogen-bond donors (Lipinski definition) is 1. The van der Waals surface area contributed by atoms with Crippen LogP contribution >= 0.6 is 34.4 Å². The maximum Gasteiger partial charge on any atom is 0.0621 e. The minimum Gasteiger partial charge on any atom is -0.392 e. The van der Waals surface area contributed by atoms with Gasteiger partial charge in [0.25, 0.3) is 0 Å². The molecule has 3 heteroatoms. The second-order valence-electron chi connectivity index (χ2n) is 4.04. The van der Waals surface area contributed by atoms with E-state index in [-0.39, 0.29) is 6.61 Å². The molecule has 2 rings (SSSR count). The molecule has 2 aromatic carbocycles. The predicted molar refractivity (Wildman–Crippen MR) is 91.5 cm³/mol.